The van der Waals surface area contributed by atoms with Gasteiger partial charge < -0.3 is 9.88 Å². The summed E-state index contributed by atoms with van der Waals surface area (Å²) in [5.41, 5.74) is 4.47. The Hall–Kier alpha value is -2.54. The van der Waals surface area contributed by atoms with Crippen molar-refractivity contribution in [3.8, 4) is 6.07 Å². The summed E-state index contributed by atoms with van der Waals surface area (Å²) in [4.78, 5) is 12.7. The smallest absolute Gasteiger partial charge is 0.183 e. The second-order valence-electron chi connectivity index (χ2n) is 6.92. The molecule has 0 atom stereocenters. The highest BCUT2D eigenvalue weighted by Crippen LogP contribution is 2.32. The number of carbonyl (C=O) groups excluding carboxylic acids is 1. The summed E-state index contributed by atoms with van der Waals surface area (Å²) in [5.74, 6) is 0.0949. The molecule has 1 aliphatic rings. The minimum absolute atomic E-state index is 0.0949. The number of nitrogens with one attached hydrogen (secondary N) is 1. The van der Waals surface area contributed by atoms with Crippen LogP contribution in [0.4, 0.5) is 5.69 Å². The summed E-state index contributed by atoms with van der Waals surface area (Å²) in [6.45, 7) is 4.40. The van der Waals surface area contributed by atoms with Crippen molar-refractivity contribution in [3.05, 3.63) is 52.8 Å². The summed E-state index contributed by atoms with van der Waals surface area (Å²) in [5, 5.41) is 12.1. The lowest BCUT2D eigenvalue weighted by Crippen LogP contribution is -2.17. The number of benzene rings is 1. The quantitative estimate of drug-likeness (QED) is 0.800. The summed E-state index contributed by atoms with van der Waals surface area (Å²) >= 11 is 0. The van der Waals surface area contributed by atoms with E-state index in [1.54, 1.807) is 12.1 Å². The molecule has 0 amide bonds. The maximum Gasteiger partial charge on any atom is 0.183 e. The maximum absolute atomic E-state index is 12.7. The molecule has 1 aromatic carbocycles. The molecule has 1 saturated carbocycles. The van der Waals surface area contributed by atoms with Crippen LogP contribution in [-0.4, -0.2) is 16.9 Å². The lowest BCUT2D eigenvalue weighted by atomic mass is 9.95. The highest BCUT2D eigenvalue weighted by Gasteiger charge is 2.22. The van der Waals surface area contributed by atoms with E-state index >= 15 is 0 Å². The fraction of sp³-hybridized carbons (Fsp3) is 0.429. The van der Waals surface area contributed by atoms with Gasteiger partial charge in [-0.25, -0.2) is 0 Å². The number of ketones is 1. The normalized spacial score (nSPS) is 14.9. The van der Waals surface area contributed by atoms with Gasteiger partial charge in [0.25, 0.3) is 0 Å². The fourth-order valence-corrected chi connectivity index (χ4v) is 3.94. The van der Waals surface area contributed by atoms with Crippen molar-refractivity contribution < 1.29 is 4.79 Å². The highest BCUT2D eigenvalue weighted by molar-refractivity contribution is 6.00. The van der Waals surface area contributed by atoms with Crippen LogP contribution in [0.15, 0.2) is 30.3 Å². The van der Waals surface area contributed by atoms with Crippen LogP contribution in [0.5, 0.6) is 0 Å². The Morgan fingerprint density at radius 2 is 2.00 bits per heavy atom. The Labute approximate surface area is 149 Å². The summed E-state index contributed by atoms with van der Waals surface area (Å²) < 4.78 is 2.36. The summed E-state index contributed by atoms with van der Waals surface area (Å²) in [7, 11) is 0. The van der Waals surface area contributed by atoms with Crippen LogP contribution >= 0.6 is 0 Å². The molecule has 0 radical (unpaired) electrons. The molecule has 2 aromatic rings. The molecule has 1 aromatic heterocycles. The van der Waals surface area contributed by atoms with Gasteiger partial charge in [0, 0.05) is 28.7 Å². The SMILES string of the molecule is Cc1cc(C(=O)CNc2cccc(C#N)c2)c(C)n1C1CCCCC1. The number of nitrogens with zero attached hydrogens (tertiary/aromatic N) is 2. The number of aromatic nitrogens is 1. The Morgan fingerprint density at radius 1 is 1.24 bits per heavy atom. The molecular weight excluding hydrogens is 310 g/mol. The van der Waals surface area contributed by atoms with Gasteiger partial charge in [0.1, 0.15) is 0 Å². The molecule has 0 bridgehead atoms. The first-order valence-corrected chi connectivity index (χ1v) is 9.06. The standard InChI is InChI=1S/C21H25N3O/c1-15-11-20(16(2)24(15)19-9-4-3-5-10-19)21(25)14-23-18-8-6-7-17(12-18)13-22/h6-8,11-12,19,23H,3-5,9-10,14H2,1-2H3. The first-order chi connectivity index (χ1) is 12.1. The minimum atomic E-state index is 0.0949. The molecule has 0 unspecified atom stereocenters. The van der Waals surface area contributed by atoms with Crippen LogP contribution in [0.1, 0.15) is 65.5 Å². The second kappa shape index (κ2) is 7.57. The molecule has 25 heavy (non-hydrogen) atoms. The number of anilines is 1. The van der Waals surface area contributed by atoms with Crippen LogP contribution in [0.2, 0.25) is 0 Å². The first kappa shape index (κ1) is 17.3. The third-order valence-electron chi connectivity index (χ3n) is 5.17. The molecule has 0 saturated heterocycles. The van der Waals surface area contributed by atoms with Gasteiger partial charge in [-0.15, -0.1) is 0 Å². The highest BCUT2D eigenvalue weighted by atomic mass is 16.1. The molecule has 1 N–H and O–H groups in total. The van der Waals surface area contributed by atoms with E-state index in [4.69, 9.17) is 5.26 Å². The number of rotatable bonds is 5. The van der Waals surface area contributed by atoms with Crippen molar-refractivity contribution in [3.63, 3.8) is 0 Å². The van der Waals surface area contributed by atoms with Gasteiger partial charge in [-0.1, -0.05) is 25.3 Å². The number of carbonyl (C=O) groups is 1. The van der Waals surface area contributed by atoms with Crippen molar-refractivity contribution in [2.24, 2.45) is 0 Å². The van der Waals surface area contributed by atoms with Crippen LogP contribution in [0, 0.1) is 25.2 Å². The molecule has 1 fully saturated rings. The number of aryl methyl sites for hydroxylation is 1. The number of hydrogen-bond acceptors (Lipinski definition) is 3. The molecule has 130 valence electrons. The molecule has 4 heteroatoms. The van der Waals surface area contributed by atoms with Gasteiger partial charge in [0.05, 0.1) is 18.2 Å². The Balaban J connectivity index is 1.73. The molecular formula is C21H25N3O. The zero-order valence-electron chi connectivity index (χ0n) is 15.0. The molecule has 0 aliphatic heterocycles. The average Bonchev–Trinajstić information content (AvgIpc) is 2.95. The van der Waals surface area contributed by atoms with Crippen LogP contribution in [-0.2, 0) is 0 Å². The van der Waals surface area contributed by atoms with E-state index in [1.807, 2.05) is 18.2 Å². The van der Waals surface area contributed by atoms with Gasteiger partial charge >= 0.3 is 0 Å². The third kappa shape index (κ3) is 3.76. The van der Waals surface area contributed by atoms with Crippen molar-refractivity contribution in [2.45, 2.75) is 52.0 Å². The van der Waals surface area contributed by atoms with E-state index in [9.17, 15) is 4.79 Å². The lowest BCUT2D eigenvalue weighted by molar-refractivity contribution is 0.100. The largest absolute Gasteiger partial charge is 0.378 e. The van der Waals surface area contributed by atoms with E-state index < -0.39 is 0 Å². The zero-order valence-corrected chi connectivity index (χ0v) is 15.0. The Kier molecular flexibility index (Phi) is 5.23. The van der Waals surface area contributed by atoms with Gasteiger partial charge in [0.2, 0.25) is 0 Å². The van der Waals surface area contributed by atoms with Crippen molar-refractivity contribution >= 4 is 11.5 Å². The van der Waals surface area contributed by atoms with Gasteiger partial charge in [-0.2, -0.15) is 5.26 Å². The van der Waals surface area contributed by atoms with Crippen LogP contribution in [0.3, 0.4) is 0 Å². The van der Waals surface area contributed by atoms with E-state index in [-0.39, 0.29) is 12.3 Å². The van der Waals surface area contributed by atoms with Gasteiger partial charge in [-0.05, 0) is 51.0 Å². The predicted molar refractivity (Wildman–Crippen MR) is 100 cm³/mol. The monoisotopic (exact) mass is 335 g/mol. The number of Topliss-reactive ketones (excluding diaryl/α,β-unsaturated/α-hetero) is 1. The lowest BCUT2D eigenvalue weighted by Gasteiger charge is -2.26. The number of hydrogen-bond donors (Lipinski definition) is 1. The second-order valence-corrected chi connectivity index (χ2v) is 6.92. The minimum Gasteiger partial charge on any atom is -0.378 e. The molecule has 0 spiro atoms. The predicted octanol–water partition coefficient (Wildman–Crippen LogP) is 4.78. The van der Waals surface area contributed by atoms with E-state index in [0.717, 1.165) is 16.9 Å². The fourth-order valence-electron chi connectivity index (χ4n) is 3.94. The zero-order chi connectivity index (χ0) is 17.8. The molecule has 3 rings (SSSR count). The van der Waals surface area contributed by atoms with Crippen LogP contribution < -0.4 is 5.32 Å². The van der Waals surface area contributed by atoms with Crippen LogP contribution in [0.25, 0.3) is 0 Å². The number of nitriles is 1. The maximum atomic E-state index is 12.7. The molecule has 4 nitrogen and oxygen atoms in total. The van der Waals surface area contributed by atoms with E-state index in [0.29, 0.717) is 11.6 Å². The van der Waals surface area contributed by atoms with Crippen molar-refractivity contribution in [1.82, 2.24) is 4.57 Å². The van der Waals surface area contributed by atoms with Gasteiger partial charge in [-0.3, -0.25) is 4.79 Å². The summed E-state index contributed by atoms with van der Waals surface area (Å²) in [6.07, 6.45) is 6.31. The van der Waals surface area contributed by atoms with E-state index in [1.165, 1.54) is 37.8 Å². The van der Waals surface area contributed by atoms with E-state index in [2.05, 4.69) is 29.8 Å². The topological polar surface area (TPSA) is 57.8 Å². The summed E-state index contributed by atoms with van der Waals surface area (Å²) in [6, 6.07) is 11.9. The van der Waals surface area contributed by atoms with Crippen molar-refractivity contribution in [1.29, 1.82) is 5.26 Å². The Bertz CT molecular complexity index is 807. The Morgan fingerprint density at radius 3 is 2.72 bits per heavy atom. The third-order valence-corrected chi connectivity index (χ3v) is 5.17. The van der Waals surface area contributed by atoms with Crippen molar-refractivity contribution in [2.75, 3.05) is 11.9 Å². The first-order valence-electron chi connectivity index (χ1n) is 9.06. The molecule has 1 aliphatic carbocycles. The van der Waals surface area contributed by atoms with Gasteiger partial charge in [0.15, 0.2) is 5.78 Å². The molecule has 1 heterocycles. The average molecular weight is 335 g/mol.